The highest BCUT2D eigenvalue weighted by Gasteiger charge is 2.43. The third kappa shape index (κ3) is 3.28. The third-order valence-electron chi connectivity index (χ3n) is 8.02. The summed E-state index contributed by atoms with van der Waals surface area (Å²) >= 11 is 0. The van der Waals surface area contributed by atoms with E-state index < -0.39 is 28.3 Å². The van der Waals surface area contributed by atoms with Crippen molar-refractivity contribution < 1.29 is 19.0 Å². The Morgan fingerprint density at radius 3 is 2.80 bits per heavy atom. The average Bonchev–Trinajstić information content (AvgIpc) is 3.52. The van der Waals surface area contributed by atoms with Crippen LogP contribution in [0.3, 0.4) is 0 Å². The number of halogens is 1. The number of nitrogen functional groups attached to an aromatic ring is 1. The largest absolute Gasteiger partial charge is 0.487 e. The van der Waals surface area contributed by atoms with Gasteiger partial charge in [0.1, 0.15) is 17.9 Å². The van der Waals surface area contributed by atoms with Gasteiger partial charge in [-0.15, -0.1) is 0 Å². The molecule has 6 rings (SSSR count). The number of nitrogens with two attached hydrogens (primary N) is 1. The van der Waals surface area contributed by atoms with Crippen LogP contribution in [-0.4, -0.2) is 33.3 Å². The molecule has 4 N–H and O–H groups in total. The van der Waals surface area contributed by atoms with Crippen LogP contribution in [0, 0.1) is 5.82 Å². The Bertz CT molecular complexity index is 1400. The van der Waals surface area contributed by atoms with Crippen molar-refractivity contribution in [3.63, 3.8) is 0 Å². The molecular formula is C26H27FN4O4. The summed E-state index contributed by atoms with van der Waals surface area (Å²) in [5.74, 6) is -1.62. The molecule has 1 spiro atoms. The molecule has 2 saturated carbocycles. The summed E-state index contributed by atoms with van der Waals surface area (Å²) in [5, 5.41) is 12.9. The van der Waals surface area contributed by atoms with Crippen LogP contribution in [0.15, 0.2) is 35.4 Å². The molecule has 0 radical (unpaired) electrons. The van der Waals surface area contributed by atoms with Crippen LogP contribution in [0.1, 0.15) is 66.9 Å². The molecule has 8 nitrogen and oxygen atoms in total. The Kier molecular flexibility index (Phi) is 4.98. The maximum absolute atomic E-state index is 15.7. The Morgan fingerprint density at radius 1 is 1.29 bits per heavy atom. The number of hydrogen-bond acceptors (Lipinski definition) is 6. The van der Waals surface area contributed by atoms with Crippen molar-refractivity contribution in [1.82, 2.24) is 9.55 Å². The van der Waals surface area contributed by atoms with Gasteiger partial charge in [0.15, 0.2) is 11.6 Å². The number of carboxylic acids is 1. The Morgan fingerprint density at radius 2 is 2.09 bits per heavy atom. The number of ether oxygens (including phenoxy) is 1. The van der Waals surface area contributed by atoms with Gasteiger partial charge >= 0.3 is 5.97 Å². The molecule has 2 unspecified atom stereocenters. The molecule has 1 aliphatic heterocycles. The van der Waals surface area contributed by atoms with Gasteiger partial charge in [-0.25, -0.2) is 9.18 Å². The van der Waals surface area contributed by atoms with Gasteiger partial charge in [-0.3, -0.25) is 9.78 Å². The molecule has 0 bridgehead atoms. The van der Waals surface area contributed by atoms with Gasteiger partial charge < -0.3 is 25.5 Å². The standard InChI is InChI=1S/C26H27FN4O4/c27-19-20(28)18-22-24(21(19)30-15-7-6-14(11-15)17-5-1-4-10-29-17)35-13-26(8-2-3-9-26)31(22)12-16(23(18)32)25(33)34/h1,4-5,10,12,14-15,30H,2-3,6-9,11,13,28H2,(H,33,34). The molecule has 0 amide bonds. The van der Waals surface area contributed by atoms with Crippen molar-refractivity contribution in [1.29, 1.82) is 0 Å². The zero-order valence-corrected chi connectivity index (χ0v) is 19.2. The Labute approximate surface area is 200 Å². The van der Waals surface area contributed by atoms with E-state index in [1.165, 1.54) is 6.20 Å². The summed E-state index contributed by atoms with van der Waals surface area (Å²) in [6.45, 7) is 0.288. The number of fused-ring (bicyclic) bond motifs is 1. The molecule has 182 valence electrons. The Hall–Kier alpha value is -3.62. The lowest BCUT2D eigenvalue weighted by Crippen LogP contribution is -2.42. The molecular weight excluding hydrogens is 451 g/mol. The topological polar surface area (TPSA) is 119 Å². The van der Waals surface area contributed by atoms with Crippen molar-refractivity contribution in [2.45, 2.75) is 62.4 Å². The van der Waals surface area contributed by atoms with Crippen LogP contribution in [-0.2, 0) is 5.54 Å². The smallest absolute Gasteiger partial charge is 0.341 e. The summed E-state index contributed by atoms with van der Waals surface area (Å²) in [6, 6.07) is 5.84. The fraction of sp³-hybridized carbons (Fsp3) is 0.423. The Balaban J connectivity index is 1.48. The van der Waals surface area contributed by atoms with E-state index in [0.717, 1.165) is 50.6 Å². The van der Waals surface area contributed by atoms with Crippen LogP contribution in [0.25, 0.3) is 10.9 Å². The normalized spacial score (nSPS) is 22.4. The van der Waals surface area contributed by atoms with Crippen LogP contribution >= 0.6 is 0 Å². The van der Waals surface area contributed by atoms with Gasteiger partial charge in [-0.1, -0.05) is 18.9 Å². The van der Waals surface area contributed by atoms with Gasteiger partial charge in [0.2, 0.25) is 5.43 Å². The average molecular weight is 479 g/mol. The van der Waals surface area contributed by atoms with E-state index >= 15 is 4.39 Å². The first-order valence-corrected chi connectivity index (χ1v) is 12.1. The maximum atomic E-state index is 15.7. The van der Waals surface area contributed by atoms with E-state index in [1.807, 2.05) is 22.8 Å². The summed E-state index contributed by atoms with van der Waals surface area (Å²) < 4.78 is 23.8. The maximum Gasteiger partial charge on any atom is 0.341 e. The summed E-state index contributed by atoms with van der Waals surface area (Å²) in [4.78, 5) is 29.5. The number of aromatic carboxylic acids is 1. The van der Waals surface area contributed by atoms with Gasteiger partial charge in [0.05, 0.1) is 22.1 Å². The fourth-order valence-electron chi connectivity index (χ4n) is 6.24. The predicted octanol–water partition coefficient (Wildman–Crippen LogP) is 4.23. The SMILES string of the molecule is Nc1c(F)c(NC2CCC(c3ccccn3)C2)c2c3c1c(=O)c(C(=O)O)cn3C1(CCCC1)CO2. The second-order valence-electron chi connectivity index (χ2n) is 10.0. The second-order valence-corrected chi connectivity index (χ2v) is 10.0. The van der Waals surface area contributed by atoms with Gasteiger partial charge in [0, 0.05) is 30.0 Å². The molecule has 2 fully saturated rings. The number of aromatic nitrogens is 2. The van der Waals surface area contributed by atoms with Crippen molar-refractivity contribution in [2.75, 3.05) is 17.7 Å². The summed E-state index contributed by atoms with van der Waals surface area (Å²) in [6.07, 6.45) is 9.22. The number of nitrogens with zero attached hydrogens (tertiary/aromatic N) is 2. The fourth-order valence-corrected chi connectivity index (χ4v) is 6.24. The molecule has 9 heteroatoms. The minimum absolute atomic E-state index is 0.0194. The highest BCUT2D eigenvalue weighted by atomic mass is 19.1. The highest BCUT2D eigenvalue weighted by molar-refractivity contribution is 6.03. The first-order valence-electron chi connectivity index (χ1n) is 12.1. The molecule has 3 aliphatic rings. The highest BCUT2D eigenvalue weighted by Crippen LogP contribution is 2.49. The number of benzene rings is 1. The first-order chi connectivity index (χ1) is 16.9. The number of carboxylic acid groups (broad SMARTS) is 1. The molecule has 0 saturated heterocycles. The van der Waals surface area contributed by atoms with E-state index in [0.29, 0.717) is 5.52 Å². The molecule has 3 heterocycles. The molecule has 2 atom stereocenters. The molecule has 3 aromatic rings. The van der Waals surface area contributed by atoms with E-state index in [9.17, 15) is 14.7 Å². The van der Waals surface area contributed by atoms with E-state index in [-0.39, 0.29) is 41.1 Å². The van der Waals surface area contributed by atoms with Gasteiger partial charge in [-0.05, 0) is 44.2 Å². The third-order valence-corrected chi connectivity index (χ3v) is 8.02. The first kappa shape index (κ1) is 21.9. The van der Waals surface area contributed by atoms with E-state index in [2.05, 4.69) is 10.3 Å². The summed E-state index contributed by atoms with van der Waals surface area (Å²) in [7, 11) is 0. The van der Waals surface area contributed by atoms with Crippen LogP contribution in [0.4, 0.5) is 15.8 Å². The molecule has 2 aromatic heterocycles. The van der Waals surface area contributed by atoms with Gasteiger partial charge in [-0.2, -0.15) is 0 Å². The number of anilines is 2. The molecule has 2 aliphatic carbocycles. The van der Waals surface area contributed by atoms with Crippen molar-refractivity contribution in [3.05, 3.63) is 57.9 Å². The van der Waals surface area contributed by atoms with Crippen LogP contribution < -0.4 is 21.2 Å². The number of carbonyl (C=O) groups is 1. The second kappa shape index (κ2) is 7.96. The van der Waals surface area contributed by atoms with Crippen molar-refractivity contribution >= 4 is 28.2 Å². The number of rotatable bonds is 4. The number of hydrogen-bond donors (Lipinski definition) is 3. The van der Waals surface area contributed by atoms with Crippen molar-refractivity contribution in [3.8, 4) is 5.75 Å². The van der Waals surface area contributed by atoms with Crippen molar-refractivity contribution in [2.24, 2.45) is 0 Å². The minimum atomic E-state index is -1.35. The molecule has 1 aromatic carbocycles. The minimum Gasteiger partial charge on any atom is -0.487 e. The predicted molar refractivity (Wildman–Crippen MR) is 130 cm³/mol. The lowest BCUT2D eigenvalue weighted by Gasteiger charge is -2.39. The van der Waals surface area contributed by atoms with E-state index in [1.54, 1.807) is 6.20 Å². The monoisotopic (exact) mass is 478 g/mol. The van der Waals surface area contributed by atoms with Gasteiger partial charge in [0.25, 0.3) is 0 Å². The summed E-state index contributed by atoms with van der Waals surface area (Å²) in [5.41, 5.74) is 5.74. The lowest BCUT2D eigenvalue weighted by atomic mass is 9.93. The lowest BCUT2D eigenvalue weighted by molar-refractivity contribution is 0.0692. The van der Waals surface area contributed by atoms with Crippen LogP contribution in [0.5, 0.6) is 5.75 Å². The molecule has 35 heavy (non-hydrogen) atoms. The zero-order chi connectivity index (χ0) is 24.3. The quantitative estimate of drug-likeness (QED) is 0.480. The number of pyridine rings is 2. The number of nitrogens with one attached hydrogen (secondary N) is 1. The van der Waals surface area contributed by atoms with Crippen LogP contribution in [0.2, 0.25) is 0 Å². The van der Waals surface area contributed by atoms with E-state index in [4.69, 9.17) is 10.5 Å². The zero-order valence-electron chi connectivity index (χ0n) is 19.2.